The van der Waals surface area contributed by atoms with Gasteiger partial charge in [0.15, 0.2) is 0 Å². The molecule has 1 aromatic rings. The van der Waals surface area contributed by atoms with Crippen LogP contribution >= 0.6 is 0 Å². The number of carbonyl (C=O) groups is 2. The van der Waals surface area contributed by atoms with Gasteiger partial charge in [-0.15, -0.1) is 0 Å². The first-order chi connectivity index (χ1) is 8.91. The van der Waals surface area contributed by atoms with Gasteiger partial charge in [-0.05, 0) is 24.5 Å². The van der Waals surface area contributed by atoms with Crippen LogP contribution in [0.5, 0.6) is 0 Å². The number of carboxylic acid groups (broad SMARTS) is 1. The van der Waals surface area contributed by atoms with Crippen molar-refractivity contribution >= 4 is 17.6 Å². The number of hydrogen-bond acceptors (Lipinski definition) is 3. The van der Waals surface area contributed by atoms with E-state index in [4.69, 9.17) is 5.11 Å². The number of rotatable bonds is 4. The second-order valence-corrected chi connectivity index (χ2v) is 5.40. The topological polar surface area (TPSA) is 70.5 Å². The lowest BCUT2D eigenvalue weighted by Crippen LogP contribution is -2.33. The Labute approximate surface area is 112 Å². The van der Waals surface area contributed by atoms with E-state index in [0.29, 0.717) is 6.54 Å². The third-order valence-corrected chi connectivity index (χ3v) is 3.92. The zero-order chi connectivity index (χ0) is 14.2. The van der Waals surface area contributed by atoms with Crippen molar-refractivity contribution in [2.45, 2.75) is 20.8 Å². The molecule has 1 amide bonds. The van der Waals surface area contributed by atoms with E-state index in [1.807, 2.05) is 20.8 Å². The third kappa shape index (κ3) is 2.20. The van der Waals surface area contributed by atoms with Crippen LogP contribution in [0.15, 0.2) is 24.5 Å². The van der Waals surface area contributed by atoms with Crippen LogP contribution in [0, 0.1) is 17.3 Å². The van der Waals surface area contributed by atoms with Gasteiger partial charge in [-0.3, -0.25) is 14.6 Å². The Morgan fingerprint density at radius 3 is 2.32 bits per heavy atom. The van der Waals surface area contributed by atoms with Crippen molar-refractivity contribution in [2.75, 3.05) is 11.4 Å². The fourth-order valence-electron chi connectivity index (χ4n) is 2.72. The van der Waals surface area contributed by atoms with Gasteiger partial charge >= 0.3 is 5.97 Å². The maximum Gasteiger partial charge on any atom is 0.307 e. The van der Waals surface area contributed by atoms with Crippen LogP contribution in [0.2, 0.25) is 0 Å². The number of aliphatic carboxylic acids is 1. The molecule has 1 heterocycles. The number of carbonyl (C=O) groups excluding carboxylic acids is 1. The van der Waals surface area contributed by atoms with Gasteiger partial charge in [-0.1, -0.05) is 13.8 Å². The van der Waals surface area contributed by atoms with Crippen molar-refractivity contribution < 1.29 is 14.7 Å². The first kappa shape index (κ1) is 13.5. The minimum atomic E-state index is -0.894. The second kappa shape index (κ2) is 4.64. The molecule has 0 aromatic carbocycles. The first-order valence-corrected chi connectivity index (χ1v) is 6.35. The minimum Gasteiger partial charge on any atom is -0.481 e. The molecule has 19 heavy (non-hydrogen) atoms. The molecule has 2 rings (SSSR count). The van der Waals surface area contributed by atoms with Crippen molar-refractivity contribution in [3.63, 3.8) is 0 Å². The van der Waals surface area contributed by atoms with Crippen LogP contribution in [0.4, 0.5) is 5.69 Å². The molecule has 1 N–H and O–H groups in total. The Morgan fingerprint density at radius 2 is 1.89 bits per heavy atom. The molecular weight excluding hydrogens is 244 g/mol. The summed E-state index contributed by atoms with van der Waals surface area (Å²) in [6.45, 7) is 6.05. The lowest BCUT2D eigenvalue weighted by Gasteiger charge is -2.21. The molecule has 0 radical (unpaired) electrons. The molecule has 5 heteroatoms. The summed E-state index contributed by atoms with van der Waals surface area (Å²) in [5, 5.41) is 9.15. The molecule has 0 spiro atoms. The average Bonchev–Trinajstić information content (AvgIpc) is 2.94. The van der Waals surface area contributed by atoms with E-state index in [0.717, 1.165) is 5.69 Å². The maximum atomic E-state index is 12.5. The molecular formula is C14H18N2O3. The van der Waals surface area contributed by atoms with Gasteiger partial charge in [-0.2, -0.15) is 0 Å². The molecule has 1 saturated carbocycles. The van der Waals surface area contributed by atoms with E-state index >= 15 is 0 Å². The first-order valence-electron chi connectivity index (χ1n) is 6.35. The Bertz CT molecular complexity index is 499. The molecule has 0 saturated heterocycles. The molecule has 0 aliphatic heterocycles. The Hall–Kier alpha value is -1.91. The fourth-order valence-corrected chi connectivity index (χ4v) is 2.72. The molecule has 2 atom stereocenters. The molecule has 1 fully saturated rings. The summed E-state index contributed by atoms with van der Waals surface area (Å²) in [5.41, 5.74) is 0.290. The summed E-state index contributed by atoms with van der Waals surface area (Å²) >= 11 is 0. The van der Waals surface area contributed by atoms with Crippen LogP contribution in [0.1, 0.15) is 20.8 Å². The van der Waals surface area contributed by atoms with Gasteiger partial charge in [-0.25, -0.2) is 0 Å². The van der Waals surface area contributed by atoms with Crippen LogP contribution in [0.3, 0.4) is 0 Å². The number of anilines is 1. The highest BCUT2D eigenvalue weighted by Gasteiger charge is 2.66. The van der Waals surface area contributed by atoms with Gasteiger partial charge in [0.25, 0.3) is 0 Å². The van der Waals surface area contributed by atoms with Gasteiger partial charge < -0.3 is 10.0 Å². The van der Waals surface area contributed by atoms with Crippen LogP contribution in [-0.2, 0) is 9.59 Å². The van der Waals surface area contributed by atoms with E-state index in [1.165, 1.54) is 0 Å². The monoisotopic (exact) mass is 262 g/mol. The maximum absolute atomic E-state index is 12.5. The highest BCUT2D eigenvalue weighted by molar-refractivity contribution is 6.01. The normalized spacial score (nSPS) is 23.7. The Morgan fingerprint density at radius 1 is 1.32 bits per heavy atom. The predicted octanol–water partition coefficient (Wildman–Crippen LogP) is 1.79. The molecule has 0 unspecified atom stereocenters. The second-order valence-electron chi connectivity index (χ2n) is 5.40. The van der Waals surface area contributed by atoms with Gasteiger partial charge in [0.05, 0.1) is 11.8 Å². The molecule has 0 bridgehead atoms. The number of carboxylic acids is 1. The number of hydrogen-bond donors (Lipinski definition) is 1. The van der Waals surface area contributed by atoms with Crippen molar-refractivity contribution in [3.8, 4) is 0 Å². The summed E-state index contributed by atoms with van der Waals surface area (Å²) < 4.78 is 0. The lowest BCUT2D eigenvalue weighted by molar-refractivity contribution is -0.140. The van der Waals surface area contributed by atoms with Crippen molar-refractivity contribution in [1.29, 1.82) is 0 Å². The van der Waals surface area contributed by atoms with E-state index in [2.05, 4.69) is 4.98 Å². The fraction of sp³-hybridized carbons (Fsp3) is 0.500. The van der Waals surface area contributed by atoms with E-state index < -0.39 is 23.2 Å². The Balaban J connectivity index is 2.22. The molecule has 1 aromatic heterocycles. The number of aromatic nitrogens is 1. The smallest absolute Gasteiger partial charge is 0.307 e. The summed E-state index contributed by atoms with van der Waals surface area (Å²) in [7, 11) is 0. The van der Waals surface area contributed by atoms with Gasteiger partial charge in [0.1, 0.15) is 0 Å². The highest BCUT2D eigenvalue weighted by Crippen LogP contribution is 2.59. The zero-order valence-corrected chi connectivity index (χ0v) is 11.3. The minimum absolute atomic E-state index is 0.119. The summed E-state index contributed by atoms with van der Waals surface area (Å²) in [6, 6.07) is 3.51. The SMILES string of the molecule is CCN(C(=O)[C@H]1[C@@H](C(=O)O)C1(C)C)c1ccncc1. The molecule has 1 aliphatic rings. The number of pyridine rings is 1. The predicted molar refractivity (Wildman–Crippen MR) is 70.7 cm³/mol. The van der Waals surface area contributed by atoms with E-state index in [9.17, 15) is 9.59 Å². The van der Waals surface area contributed by atoms with Crippen molar-refractivity contribution in [1.82, 2.24) is 4.98 Å². The number of amides is 1. The van der Waals surface area contributed by atoms with E-state index in [1.54, 1.807) is 29.4 Å². The van der Waals surface area contributed by atoms with Gasteiger partial charge in [0, 0.05) is 24.6 Å². The van der Waals surface area contributed by atoms with Crippen LogP contribution in [0.25, 0.3) is 0 Å². The lowest BCUT2D eigenvalue weighted by atomic mass is 10.1. The van der Waals surface area contributed by atoms with Crippen LogP contribution < -0.4 is 4.90 Å². The van der Waals surface area contributed by atoms with E-state index in [-0.39, 0.29) is 5.91 Å². The molecule has 1 aliphatic carbocycles. The molecule has 102 valence electrons. The average molecular weight is 262 g/mol. The zero-order valence-electron chi connectivity index (χ0n) is 11.3. The summed E-state index contributed by atoms with van der Waals surface area (Å²) in [6.07, 6.45) is 3.25. The third-order valence-electron chi connectivity index (χ3n) is 3.92. The standard InChI is InChI=1S/C14H18N2O3/c1-4-16(9-5-7-15-8-6-9)12(17)10-11(13(18)19)14(10,2)3/h5-8,10-11H,4H2,1-3H3,(H,18,19)/t10-,11+/m1/s1. The highest BCUT2D eigenvalue weighted by atomic mass is 16.4. The van der Waals surface area contributed by atoms with Gasteiger partial charge in [0.2, 0.25) is 5.91 Å². The van der Waals surface area contributed by atoms with Crippen molar-refractivity contribution in [2.24, 2.45) is 17.3 Å². The number of nitrogens with zero attached hydrogens (tertiary/aromatic N) is 2. The molecule has 5 nitrogen and oxygen atoms in total. The summed E-state index contributed by atoms with van der Waals surface area (Å²) in [4.78, 5) is 29.2. The Kier molecular flexibility index (Phi) is 3.30. The van der Waals surface area contributed by atoms with Crippen LogP contribution in [-0.4, -0.2) is 28.5 Å². The summed E-state index contributed by atoms with van der Waals surface area (Å²) in [5.74, 6) is -2.05. The quantitative estimate of drug-likeness (QED) is 0.898. The largest absolute Gasteiger partial charge is 0.481 e. The van der Waals surface area contributed by atoms with Crippen molar-refractivity contribution in [3.05, 3.63) is 24.5 Å².